The summed E-state index contributed by atoms with van der Waals surface area (Å²) in [4.78, 5) is 57.8. The van der Waals surface area contributed by atoms with Crippen molar-refractivity contribution in [3.8, 4) is 0 Å². The molecule has 2 aliphatic rings. The zero-order valence-electron chi connectivity index (χ0n) is 28.1. The van der Waals surface area contributed by atoms with Crippen molar-refractivity contribution in [2.75, 3.05) is 70.0 Å². The van der Waals surface area contributed by atoms with Gasteiger partial charge in [-0.2, -0.15) is 10.1 Å². The third-order valence-electron chi connectivity index (χ3n) is 8.49. The van der Waals surface area contributed by atoms with Crippen molar-refractivity contribution in [1.29, 1.82) is 0 Å². The van der Waals surface area contributed by atoms with Crippen molar-refractivity contribution in [3.63, 3.8) is 0 Å². The zero-order valence-corrected chi connectivity index (χ0v) is 28.1. The van der Waals surface area contributed by atoms with Gasteiger partial charge < -0.3 is 25.1 Å². The normalized spacial score (nSPS) is 17.9. The summed E-state index contributed by atoms with van der Waals surface area (Å²) in [5, 5.41) is 10.5. The second kappa shape index (κ2) is 14.6. The van der Waals surface area contributed by atoms with Gasteiger partial charge in [-0.3, -0.25) is 24.7 Å². The molecule has 4 N–H and O–H groups in total. The summed E-state index contributed by atoms with van der Waals surface area (Å²) in [6, 6.07) is 7.03. The van der Waals surface area contributed by atoms with Gasteiger partial charge in [-0.1, -0.05) is 18.2 Å². The number of alkyl carbamates (subject to hydrolysis) is 1. The van der Waals surface area contributed by atoms with Crippen molar-refractivity contribution in [3.05, 3.63) is 48.4 Å². The molecule has 2 fully saturated rings. The monoisotopic (exact) mass is 673 g/mol. The van der Waals surface area contributed by atoms with E-state index in [1.165, 1.54) is 6.33 Å². The molecule has 5 heterocycles. The lowest BCUT2D eigenvalue weighted by atomic mass is 10.1. The second-order valence-electron chi connectivity index (χ2n) is 13.2. The van der Waals surface area contributed by atoms with Gasteiger partial charge in [-0.25, -0.2) is 19.4 Å². The standard InChI is InChI=1S/C33H43N11O5/c1-33(2,3)49-32(47)35-12-15-42-18-16-41(17-19-42)13-7-11-25(45)43-14-6-8-22(20-43)44-29-26(28(34)36-21-37-29)27(40-44)30(46)39-31-38-23-9-4-5-10-24(23)48-31/h4-5,7,9-11,21-22H,6,8,12-20H2,1-3H3,(H,35,47)(H2,34,36,37)(H,38,39,46)/b11-7+/t22-/m1/s1. The van der Waals surface area contributed by atoms with Crippen molar-refractivity contribution < 1.29 is 23.5 Å². The molecular weight excluding hydrogens is 630 g/mol. The molecule has 0 unspecified atom stereocenters. The Morgan fingerprint density at radius 1 is 1.08 bits per heavy atom. The van der Waals surface area contributed by atoms with Gasteiger partial charge in [0.25, 0.3) is 5.91 Å². The summed E-state index contributed by atoms with van der Waals surface area (Å²) < 4.78 is 12.6. The third kappa shape index (κ3) is 8.32. The van der Waals surface area contributed by atoms with Crippen LogP contribution in [-0.4, -0.2) is 122 Å². The quantitative estimate of drug-likeness (QED) is 0.221. The number of para-hydroxylation sites is 2. The van der Waals surface area contributed by atoms with Crippen LogP contribution in [0.2, 0.25) is 0 Å². The topological polar surface area (TPSA) is 190 Å². The van der Waals surface area contributed by atoms with Crippen molar-refractivity contribution >= 4 is 51.9 Å². The number of piperazine rings is 1. The predicted octanol–water partition coefficient (Wildman–Crippen LogP) is 2.66. The van der Waals surface area contributed by atoms with E-state index in [0.29, 0.717) is 48.3 Å². The fourth-order valence-corrected chi connectivity index (χ4v) is 6.08. The Labute approximate surface area is 283 Å². The summed E-state index contributed by atoms with van der Waals surface area (Å²) in [6.45, 7) is 12.0. The number of oxazole rings is 1. The number of carbonyl (C=O) groups excluding carboxylic acids is 3. The third-order valence-corrected chi connectivity index (χ3v) is 8.49. The van der Waals surface area contributed by atoms with Crippen LogP contribution in [0.5, 0.6) is 0 Å². The number of benzene rings is 1. The number of fused-ring (bicyclic) bond motifs is 2. The Bertz CT molecular complexity index is 1800. The highest BCUT2D eigenvalue weighted by atomic mass is 16.6. The van der Waals surface area contributed by atoms with Gasteiger partial charge in [-0.05, 0) is 45.7 Å². The maximum atomic E-state index is 13.4. The first-order valence-corrected chi connectivity index (χ1v) is 16.6. The van der Waals surface area contributed by atoms with E-state index in [4.69, 9.17) is 14.9 Å². The van der Waals surface area contributed by atoms with E-state index in [2.05, 4.69) is 40.5 Å². The number of nitrogen functional groups attached to an aromatic ring is 1. The minimum absolute atomic E-state index is 0.0417. The van der Waals surface area contributed by atoms with Crippen molar-refractivity contribution in [1.82, 2.24) is 44.7 Å². The highest BCUT2D eigenvalue weighted by Crippen LogP contribution is 2.29. The van der Waals surface area contributed by atoms with E-state index in [1.807, 2.05) is 39.0 Å². The van der Waals surface area contributed by atoms with E-state index in [9.17, 15) is 14.4 Å². The molecule has 16 nitrogen and oxygen atoms in total. The molecule has 0 spiro atoms. The Hall–Kier alpha value is -5.09. The minimum Gasteiger partial charge on any atom is -0.444 e. The Morgan fingerprint density at radius 2 is 1.86 bits per heavy atom. The Kier molecular flexibility index (Phi) is 10.1. The van der Waals surface area contributed by atoms with Crippen LogP contribution < -0.4 is 16.4 Å². The van der Waals surface area contributed by atoms with Gasteiger partial charge in [0.2, 0.25) is 5.91 Å². The van der Waals surface area contributed by atoms with Crippen molar-refractivity contribution in [2.24, 2.45) is 0 Å². The minimum atomic E-state index is -0.554. The molecule has 3 amide bonds. The largest absolute Gasteiger partial charge is 0.444 e. The van der Waals surface area contributed by atoms with E-state index >= 15 is 0 Å². The summed E-state index contributed by atoms with van der Waals surface area (Å²) in [7, 11) is 0. The Morgan fingerprint density at radius 3 is 2.63 bits per heavy atom. The first-order chi connectivity index (χ1) is 23.5. The number of piperidine rings is 1. The van der Waals surface area contributed by atoms with E-state index in [1.54, 1.807) is 27.8 Å². The van der Waals surface area contributed by atoms with Crippen LogP contribution in [0.1, 0.15) is 50.1 Å². The fraction of sp³-hybridized carbons (Fsp3) is 0.485. The molecule has 4 aromatic rings. The van der Waals surface area contributed by atoms with Gasteiger partial charge in [-0.15, -0.1) is 0 Å². The number of anilines is 2. The van der Waals surface area contributed by atoms with E-state index in [-0.39, 0.29) is 29.5 Å². The molecule has 0 bridgehead atoms. The number of nitrogens with zero attached hydrogens (tertiary/aromatic N) is 8. The predicted molar refractivity (Wildman–Crippen MR) is 183 cm³/mol. The van der Waals surface area contributed by atoms with Gasteiger partial charge in [0.05, 0.1) is 11.4 Å². The van der Waals surface area contributed by atoms with Gasteiger partial charge in [0.1, 0.15) is 23.3 Å². The molecule has 6 rings (SSSR count). The number of rotatable bonds is 9. The summed E-state index contributed by atoms with van der Waals surface area (Å²) in [5.41, 5.74) is 7.33. The van der Waals surface area contributed by atoms with E-state index in [0.717, 1.165) is 45.6 Å². The average molecular weight is 674 g/mol. The summed E-state index contributed by atoms with van der Waals surface area (Å²) in [5.74, 6) is -0.498. The molecule has 2 saturated heterocycles. The lowest BCUT2D eigenvalue weighted by molar-refractivity contribution is -0.127. The lowest BCUT2D eigenvalue weighted by Crippen LogP contribution is -2.48. The van der Waals surface area contributed by atoms with Crippen LogP contribution in [0.4, 0.5) is 16.6 Å². The van der Waals surface area contributed by atoms with Crippen LogP contribution in [0, 0.1) is 0 Å². The van der Waals surface area contributed by atoms with Gasteiger partial charge in [0.15, 0.2) is 16.9 Å². The fourth-order valence-electron chi connectivity index (χ4n) is 6.08. The molecule has 0 saturated carbocycles. The molecule has 0 radical (unpaired) electrons. The van der Waals surface area contributed by atoms with Gasteiger partial charge >= 0.3 is 12.1 Å². The molecule has 1 atom stereocenters. The van der Waals surface area contributed by atoms with Crippen LogP contribution in [0.25, 0.3) is 22.1 Å². The van der Waals surface area contributed by atoms with Gasteiger partial charge in [0, 0.05) is 65.0 Å². The number of ether oxygens (including phenoxy) is 1. The molecule has 1 aromatic carbocycles. The number of aromatic nitrogens is 5. The summed E-state index contributed by atoms with van der Waals surface area (Å²) in [6.07, 6.45) is 6.01. The van der Waals surface area contributed by atoms with Crippen LogP contribution in [-0.2, 0) is 9.53 Å². The first-order valence-electron chi connectivity index (χ1n) is 16.6. The zero-order chi connectivity index (χ0) is 34.5. The SMILES string of the molecule is CC(C)(C)OC(=O)NCCN1CCN(C/C=C/C(=O)N2CCC[C@@H](n3nc(C(=O)Nc4nc5ccccc5o4)c4c(N)ncnc43)C2)CC1. The maximum absolute atomic E-state index is 13.4. The molecule has 49 heavy (non-hydrogen) atoms. The Balaban J connectivity index is 1.02. The van der Waals surface area contributed by atoms with Crippen LogP contribution >= 0.6 is 0 Å². The van der Waals surface area contributed by atoms with Crippen LogP contribution in [0.3, 0.4) is 0 Å². The lowest BCUT2D eigenvalue weighted by Gasteiger charge is -2.34. The molecule has 260 valence electrons. The highest BCUT2D eigenvalue weighted by molar-refractivity contribution is 6.12. The van der Waals surface area contributed by atoms with Crippen LogP contribution in [0.15, 0.2) is 47.2 Å². The highest BCUT2D eigenvalue weighted by Gasteiger charge is 2.30. The number of hydrogen-bond donors (Lipinski definition) is 3. The smallest absolute Gasteiger partial charge is 0.407 e. The van der Waals surface area contributed by atoms with E-state index < -0.39 is 17.6 Å². The molecule has 16 heteroatoms. The second-order valence-corrected chi connectivity index (χ2v) is 13.2. The maximum Gasteiger partial charge on any atom is 0.407 e. The summed E-state index contributed by atoms with van der Waals surface area (Å²) >= 11 is 0. The number of nitrogens with two attached hydrogens (primary N) is 1. The molecule has 2 aliphatic heterocycles. The number of nitrogens with one attached hydrogen (secondary N) is 2. The number of likely N-dealkylation sites (tertiary alicyclic amines) is 1. The number of hydrogen-bond acceptors (Lipinski definition) is 12. The molecular formula is C33H43N11O5. The molecule has 0 aliphatic carbocycles. The number of carbonyl (C=O) groups is 3. The number of amides is 3. The first kappa shape index (κ1) is 33.8. The average Bonchev–Trinajstić information content (AvgIpc) is 3.67. The molecule has 3 aromatic heterocycles. The van der Waals surface area contributed by atoms with Crippen molar-refractivity contribution in [2.45, 2.75) is 45.3 Å².